The zero-order chi connectivity index (χ0) is 13.1. The predicted molar refractivity (Wildman–Crippen MR) is 72.5 cm³/mol. The summed E-state index contributed by atoms with van der Waals surface area (Å²) in [6.45, 7) is 1.97. The Bertz CT molecular complexity index is 574. The average Bonchev–Trinajstić information content (AvgIpc) is 2.36. The molecule has 0 saturated heterocycles. The van der Waals surface area contributed by atoms with Crippen LogP contribution in [0.4, 0.5) is 17.2 Å². The van der Waals surface area contributed by atoms with Gasteiger partial charge in [-0.3, -0.25) is 0 Å². The summed E-state index contributed by atoms with van der Waals surface area (Å²) < 4.78 is 5.04. The van der Waals surface area contributed by atoms with Crippen molar-refractivity contribution in [3.63, 3.8) is 0 Å². The predicted octanol–water partition coefficient (Wildman–Crippen LogP) is 2.77. The Morgan fingerprint density at radius 3 is 2.83 bits per heavy atom. The number of methoxy groups -OCH3 is 1. The second kappa shape index (κ2) is 5.10. The number of ether oxygens (including phenoxy) is 1. The van der Waals surface area contributed by atoms with Gasteiger partial charge in [0.15, 0.2) is 5.82 Å². The topological polar surface area (TPSA) is 73.1 Å². The fourth-order valence-electron chi connectivity index (χ4n) is 1.50. The fourth-order valence-corrected chi connectivity index (χ4v) is 1.67. The standard InChI is InChI=1S/C12H13ClN4O/c1-7-3-4-8(13)5-9(7)17-11-10(14)12(18-2)16-6-15-11/h3-6H,14H2,1-2H3,(H,15,16,17). The molecule has 1 aromatic carbocycles. The monoisotopic (exact) mass is 264 g/mol. The van der Waals surface area contributed by atoms with Gasteiger partial charge in [0, 0.05) is 10.7 Å². The van der Waals surface area contributed by atoms with Crippen LogP contribution in [-0.4, -0.2) is 17.1 Å². The smallest absolute Gasteiger partial charge is 0.242 e. The molecule has 3 N–H and O–H groups in total. The molecule has 0 aliphatic carbocycles. The Morgan fingerprint density at radius 1 is 1.33 bits per heavy atom. The number of nitrogen functional groups attached to an aromatic ring is 1. The number of benzene rings is 1. The Balaban J connectivity index is 2.37. The average molecular weight is 265 g/mol. The Morgan fingerprint density at radius 2 is 2.11 bits per heavy atom. The van der Waals surface area contributed by atoms with Gasteiger partial charge in [-0.2, -0.15) is 4.98 Å². The van der Waals surface area contributed by atoms with Crippen molar-refractivity contribution >= 4 is 28.8 Å². The summed E-state index contributed by atoms with van der Waals surface area (Å²) in [6.07, 6.45) is 1.39. The molecular weight excluding hydrogens is 252 g/mol. The van der Waals surface area contributed by atoms with E-state index in [1.165, 1.54) is 13.4 Å². The van der Waals surface area contributed by atoms with Crippen molar-refractivity contribution in [2.45, 2.75) is 6.92 Å². The minimum Gasteiger partial charge on any atom is -0.479 e. The number of hydrogen-bond donors (Lipinski definition) is 2. The third-order valence-corrected chi connectivity index (χ3v) is 2.73. The third-order valence-electron chi connectivity index (χ3n) is 2.49. The molecule has 5 nitrogen and oxygen atoms in total. The molecule has 18 heavy (non-hydrogen) atoms. The summed E-state index contributed by atoms with van der Waals surface area (Å²) in [5.74, 6) is 0.833. The lowest BCUT2D eigenvalue weighted by atomic mass is 10.2. The van der Waals surface area contributed by atoms with Crippen LogP contribution in [0, 0.1) is 6.92 Å². The van der Waals surface area contributed by atoms with Crippen molar-refractivity contribution < 1.29 is 4.74 Å². The molecule has 0 bridgehead atoms. The first kappa shape index (κ1) is 12.4. The summed E-state index contributed by atoms with van der Waals surface area (Å²) in [5, 5.41) is 3.76. The highest BCUT2D eigenvalue weighted by Gasteiger charge is 2.09. The van der Waals surface area contributed by atoms with Crippen LogP contribution in [0.2, 0.25) is 5.02 Å². The van der Waals surface area contributed by atoms with Crippen molar-refractivity contribution in [3.05, 3.63) is 35.1 Å². The van der Waals surface area contributed by atoms with Crippen molar-refractivity contribution in [1.29, 1.82) is 0 Å². The van der Waals surface area contributed by atoms with Crippen LogP contribution in [0.25, 0.3) is 0 Å². The van der Waals surface area contributed by atoms with Crippen LogP contribution in [0.3, 0.4) is 0 Å². The number of nitrogens with two attached hydrogens (primary N) is 1. The molecule has 0 unspecified atom stereocenters. The van der Waals surface area contributed by atoms with Crippen molar-refractivity contribution in [2.24, 2.45) is 0 Å². The molecule has 0 spiro atoms. The lowest BCUT2D eigenvalue weighted by Crippen LogP contribution is -2.03. The molecule has 0 amide bonds. The largest absolute Gasteiger partial charge is 0.479 e. The minimum atomic E-state index is 0.340. The summed E-state index contributed by atoms with van der Waals surface area (Å²) in [5.41, 5.74) is 8.13. The quantitative estimate of drug-likeness (QED) is 0.892. The fraction of sp³-hybridized carbons (Fsp3) is 0.167. The molecule has 0 aliphatic rings. The molecule has 6 heteroatoms. The van der Waals surface area contributed by atoms with Gasteiger partial charge < -0.3 is 15.8 Å². The molecule has 0 fully saturated rings. The van der Waals surface area contributed by atoms with Gasteiger partial charge in [-0.05, 0) is 24.6 Å². The first-order valence-corrected chi connectivity index (χ1v) is 5.67. The first-order chi connectivity index (χ1) is 8.61. The molecule has 2 aromatic rings. The zero-order valence-corrected chi connectivity index (χ0v) is 10.8. The zero-order valence-electron chi connectivity index (χ0n) is 10.1. The van der Waals surface area contributed by atoms with E-state index in [0.29, 0.717) is 22.4 Å². The number of aryl methyl sites for hydroxylation is 1. The summed E-state index contributed by atoms with van der Waals surface area (Å²) in [7, 11) is 1.51. The van der Waals surface area contributed by atoms with Crippen molar-refractivity contribution in [1.82, 2.24) is 9.97 Å². The minimum absolute atomic E-state index is 0.340. The van der Waals surface area contributed by atoms with Gasteiger partial charge >= 0.3 is 0 Å². The van der Waals surface area contributed by atoms with E-state index < -0.39 is 0 Å². The Labute approximate surface area is 110 Å². The summed E-state index contributed by atoms with van der Waals surface area (Å²) in [6, 6.07) is 5.55. The molecule has 0 saturated carbocycles. The molecule has 1 heterocycles. The van der Waals surface area contributed by atoms with E-state index in [0.717, 1.165) is 11.3 Å². The van der Waals surface area contributed by atoms with Crippen LogP contribution < -0.4 is 15.8 Å². The van der Waals surface area contributed by atoms with Crippen LogP contribution >= 0.6 is 11.6 Å². The van der Waals surface area contributed by atoms with E-state index in [1.807, 2.05) is 25.1 Å². The van der Waals surface area contributed by atoms with Crippen LogP contribution in [0.15, 0.2) is 24.5 Å². The molecule has 0 aliphatic heterocycles. The molecule has 94 valence electrons. The molecule has 0 radical (unpaired) electrons. The highest BCUT2D eigenvalue weighted by molar-refractivity contribution is 6.30. The molecular formula is C12H13ClN4O. The SMILES string of the molecule is COc1ncnc(Nc2cc(Cl)ccc2C)c1N. The number of nitrogens with one attached hydrogen (secondary N) is 1. The lowest BCUT2D eigenvalue weighted by molar-refractivity contribution is 0.399. The van der Waals surface area contributed by atoms with E-state index in [4.69, 9.17) is 22.1 Å². The van der Waals surface area contributed by atoms with Crippen LogP contribution in [0.1, 0.15) is 5.56 Å². The van der Waals surface area contributed by atoms with E-state index in [1.54, 1.807) is 0 Å². The van der Waals surface area contributed by atoms with E-state index in [2.05, 4.69) is 15.3 Å². The van der Waals surface area contributed by atoms with Crippen LogP contribution in [0.5, 0.6) is 5.88 Å². The maximum absolute atomic E-state index is 5.95. The third kappa shape index (κ3) is 2.46. The summed E-state index contributed by atoms with van der Waals surface area (Å²) >= 11 is 5.95. The van der Waals surface area contributed by atoms with Crippen molar-refractivity contribution in [3.8, 4) is 5.88 Å². The number of nitrogens with zero attached hydrogens (tertiary/aromatic N) is 2. The molecule has 2 rings (SSSR count). The van der Waals surface area contributed by atoms with Crippen molar-refractivity contribution in [2.75, 3.05) is 18.2 Å². The maximum atomic E-state index is 5.95. The van der Waals surface area contributed by atoms with Gasteiger partial charge in [0.05, 0.1) is 7.11 Å². The number of hydrogen-bond acceptors (Lipinski definition) is 5. The first-order valence-electron chi connectivity index (χ1n) is 5.29. The highest BCUT2D eigenvalue weighted by atomic mass is 35.5. The van der Waals surface area contributed by atoms with E-state index in [-0.39, 0.29) is 0 Å². The number of aromatic nitrogens is 2. The molecule has 0 atom stereocenters. The van der Waals surface area contributed by atoms with E-state index in [9.17, 15) is 0 Å². The number of rotatable bonds is 3. The number of anilines is 3. The van der Waals surface area contributed by atoms with Gasteiger partial charge in [0.25, 0.3) is 0 Å². The van der Waals surface area contributed by atoms with Gasteiger partial charge in [-0.1, -0.05) is 17.7 Å². The normalized spacial score (nSPS) is 10.2. The molecule has 1 aromatic heterocycles. The maximum Gasteiger partial charge on any atom is 0.242 e. The Hall–Kier alpha value is -2.01. The lowest BCUT2D eigenvalue weighted by Gasteiger charge is -2.12. The second-order valence-corrected chi connectivity index (χ2v) is 4.17. The summed E-state index contributed by atoms with van der Waals surface area (Å²) in [4.78, 5) is 8.00. The number of halogens is 1. The Kier molecular flexibility index (Phi) is 3.53. The van der Waals surface area contributed by atoms with Gasteiger partial charge in [0.1, 0.15) is 12.0 Å². The highest BCUT2D eigenvalue weighted by Crippen LogP contribution is 2.29. The van der Waals surface area contributed by atoms with Crippen LogP contribution in [-0.2, 0) is 0 Å². The van der Waals surface area contributed by atoms with E-state index >= 15 is 0 Å². The van der Waals surface area contributed by atoms with Gasteiger partial charge in [0.2, 0.25) is 5.88 Å². The second-order valence-electron chi connectivity index (χ2n) is 3.73. The van der Waals surface area contributed by atoms with Gasteiger partial charge in [-0.25, -0.2) is 4.98 Å². The van der Waals surface area contributed by atoms with Gasteiger partial charge in [-0.15, -0.1) is 0 Å².